The van der Waals surface area contributed by atoms with Gasteiger partial charge in [-0.1, -0.05) is 46.3 Å². The third kappa shape index (κ3) is 2.57. The third-order valence-corrected chi connectivity index (χ3v) is 6.00. The van der Waals surface area contributed by atoms with Gasteiger partial charge in [-0.25, -0.2) is 9.97 Å². The number of nitrogens with one attached hydrogen (secondary N) is 1. The molecule has 6 aromatic rings. The molecule has 0 spiro atoms. The largest absolute Gasteiger partial charge is 0.360 e. The van der Waals surface area contributed by atoms with Crippen LogP contribution in [0.2, 0.25) is 0 Å². The van der Waals surface area contributed by atoms with Gasteiger partial charge in [0.25, 0.3) is 0 Å². The summed E-state index contributed by atoms with van der Waals surface area (Å²) in [4.78, 5) is 26.2. The molecule has 0 aliphatic rings. The van der Waals surface area contributed by atoms with Crippen molar-refractivity contribution in [2.24, 2.45) is 0 Å². The number of halogens is 1. The van der Waals surface area contributed by atoms with Crippen LogP contribution in [0.4, 0.5) is 0 Å². The van der Waals surface area contributed by atoms with Gasteiger partial charge in [0.05, 0.1) is 23.1 Å². The van der Waals surface area contributed by atoms with Crippen LogP contribution in [-0.4, -0.2) is 25.3 Å². The molecule has 144 valence electrons. The van der Waals surface area contributed by atoms with Crippen LogP contribution in [0.1, 0.15) is 10.4 Å². The number of carbonyl (C=O) groups excluding carboxylic acids is 1. The maximum Gasteiger partial charge on any atom is 0.184 e. The summed E-state index contributed by atoms with van der Waals surface area (Å²) in [5.74, 6) is 0.0316. The second-order valence-electron chi connectivity index (χ2n) is 7.30. The summed E-state index contributed by atoms with van der Waals surface area (Å²) in [6.45, 7) is 0.191. The molecule has 5 nitrogen and oxygen atoms in total. The van der Waals surface area contributed by atoms with Gasteiger partial charge in [-0.05, 0) is 36.4 Å². The zero-order valence-electron chi connectivity index (χ0n) is 15.8. The summed E-state index contributed by atoms with van der Waals surface area (Å²) in [6, 6.07) is 21.7. The topological polar surface area (TPSA) is 63.6 Å². The van der Waals surface area contributed by atoms with E-state index >= 15 is 0 Å². The first-order valence-corrected chi connectivity index (χ1v) is 10.4. The van der Waals surface area contributed by atoms with E-state index in [1.807, 2.05) is 71.3 Å². The average molecular weight is 455 g/mol. The highest BCUT2D eigenvalue weighted by Crippen LogP contribution is 2.31. The van der Waals surface area contributed by atoms with Crippen LogP contribution in [0, 0.1) is 0 Å². The first-order chi connectivity index (χ1) is 14.7. The van der Waals surface area contributed by atoms with Crippen molar-refractivity contribution >= 4 is 65.7 Å². The third-order valence-electron chi connectivity index (χ3n) is 5.50. The summed E-state index contributed by atoms with van der Waals surface area (Å²) in [6.07, 6.45) is 1.79. The lowest BCUT2D eigenvalue weighted by atomic mass is 10.1. The van der Waals surface area contributed by atoms with Crippen molar-refractivity contribution in [1.29, 1.82) is 0 Å². The number of carbonyl (C=O) groups is 1. The van der Waals surface area contributed by atoms with Gasteiger partial charge >= 0.3 is 0 Å². The summed E-state index contributed by atoms with van der Waals surface area (Å²) < 4.78 is 2.94. The van der Waals surface area contributed by atoms with Crippen LogP contribution in [0.5, 0.6) is 0 Å². The molecule has 3 aromatic carbocycles. The number of para-hydroxylation sites is 3. The van der Waals surface area contributed by atoms with Gasteiger partial charge in [0.1, 0.15) is 5.52 Å². The molecule has 0 amide bonds. The summed E-state index contributed by atoms with van der Waals surface area (Å²) in [5.41, 5.74) is 5.76. The van der Waals surface area contributed by atoms with E-state index in [-0.39, 0.29) is 12.3 Å². The van der Waals surface area contributed by atoms with Gasteiger partial charge < -0.3 is 9.55 Å². The second-order valence-corrected chi connectivity index (χ2v) is 8.22. The monoisotopic (exact) mass is 454 g/mol. The van der Waals surface area contributed by atoms with Crippen LogP contribution >= 0.6 is 15.9 Å². The fourth-order valence-corrected chi connectivity index (χ4v) is 4.46. The molecule has 0 aliphatic heterocycles. The number of rotatable bonds is 3. The summed E-state index contributed by atoms with van der Waals surface area (Å²) >= 11 is 3.56. The highest BCUT2D eigenvalue weighted by molar-refractivity contribution is 9.10. The van der Waals surface area contributed by atoms with E-state index in [0.717, 1.165) is 48.5 Å². The number of aromatic nitrogens is 4. The number of nitrogens with zero attached hydrogens (tertiary/aromatic N) is 3. The lowest BCUT2D eigenvalue weighted by Gasteiger charge is -2.06. The van der Waals surface area contributed by atoms with Crippen LogP contribution in [-0.2, 0) is 6.54 Å². The lowest BCUT2D eigenvalue weighted by Crippen LogP contribution is -2.10. The number of hydrogen-bond acceptors (Lipinski definition) is 3. The van der Waals surface area contributed by atoms with Crippen LogP contribution < -0.4 is 0 Å². The first kappa shape index (κ1) is 17.4. The van der Waals surface area contributed by atoms with Crippen molar-refractivity contribution < 1.29 is 4.79 Å². The molecule has 0 saturated carbocycles. The van der Waals surface area contributed by atoms with Gasteiger partial charge in [-0.15, -0.1) is 0 Å². The van der Waals surface area contributed by atoms with Crippen molar-refractivity contribution in [2.45, 2.75) is 6.54 Å². The number of benzene rings is 3. The van der Waals surface area contributed by atoms with Gasteiger partial charge in [0, 0.05) is 32.5 Å². The molecule has 3 aromatic heterocycles. The molecule has 6 rings (SSSR count). The number of fused-ring (bicyclic) bond motifs is 5. The number of hydrogen-bond donors (Lipinski definition) is 1. The van der Waals surface area contributed by atoms with Gasteiger partial charge in [0.15, 0.2) is 11.4 Å². The summed E-state index contributed by atoms with van der Waals surface area (Å²) in [7, 11) is 0. The van der Waals surface area contributed by atoms with Crippen LogP contribution in [0.25, 0.3) is 44.0 Å². The Hall–Kier alpha value is -3.51. The minimum Gasteiger partial charge on any atom is -0.360 e. The minimum atomic E-state index is 0.0316. The van der Waals surface area contributed by atoms with Crippen molar-refractivity contribution in [3.05, 3.63) is 83.0 Å². The van der Waals surface area contributed by atoms with E-state index in [1.165, 1.54) is 0 Å². The molecule has 0 radical (unpaired) electrons. The molecule has 0 bridgehead atoms. The standard InChI is InChI=1S/C24H15BrN4O/c25-14-9-10-21-16(11-14)23-24(28-20-8-4-3-7-19(20)27-23)29(21)13-22(30)17-12-26-18-6-2-1-5-15(17)18/h1-12,26H,13H2. The molecule has 30 heavy (non-hydrogen) atoms. The smallest absolute Gasteiger partial charge is 0.184 e. The molecular weight excluding hydrogens is 440 g/mol. The Bertz CT molecular complexity index is 1610. The quantitative estimate of drug-likeness (QED) is 0.340. The zero-order valence-corrected chi connectivity index (χ0v) is 17.3. The van der Waals surface area contributed by atoms with Gasteiger partial charge in [0.2, 0.25) is 0 Å². The Labute approximate surface area is 179 Å². The highest BCUT2D eigenvalue weighted by Gasteiger charge is 2.19. The Kier molecular flexibility index (Phi) is 3.76. The number of Topliss-reactive ketones (excluding diaryl/α,β-unsaturated/α-hetero) is 1. The predicted octanol–water partition coefficient (Wildman–Crippen LogP) is 5.86. The molecule has 0 aliphatic carbocycles. The van der Waals surface area contributed by atoms with Gasteiger partial charge in [-0.2, -0.15) is 0 Å². The zero-order chi connectivity index (χ0) is 20.2. The molecular formula is C24H15BrN4O. The molecule has 0 fully saturated rings. The number of H-pyrrole nitrogens is 1. The minimum absolute atomic E-state index is 0.0316. The Morgan fingerprint density at radius 3 is 2.57 bits per heavy atom. The predicted molar refractivity (Wildman–Crippen MR) is 123 cm³/mol. The Balaban J connectivity index is 1.59. The molecule has 6 heteroatoms. The van der Waals surface area contributed by atoms with Crippen LogP contribution in [0.15, 0.2) is 77.4 Å². The number of ketones is 1. The van der Waals surface area contributed by atoms with Crippen molar-refractivity contribution in [3.63, 3.8) is 0 Å². The Morgan fingerprint density at radius 1 is 0.933 bits per heavy atom. The van der Waals surface area contributed by atoms with E-state index in [4.69, 9.17) is 9.97 Å². The highest BCUT2D eigenvalue weighted by atomic mass is 79.9. The SMILES string of the molecule is O=C(Cn1c2ccc(Br)cc2c2nc3ccccc3nc21)c1c[nH]c2ccccc12. The summed E-state index contributed by atoms with van der Waals surface area (Å²) in [5, 5.41) is 1.91. The normalized spacial score (nSPS) is 11.8. The van der Waals surface area contributed by atoms with Crippen molar-refractivity contribution in [2.75, 3.05) is 0 Å². The maximum atomic E-state index is 13.3. The van der Waals surface area contributed by atoms with Gasteiger partial charge in [-0.3, -0.25) is 4.79 Å². The molecule has 0 atom stereocenters. The molecule has 3 heterocycles. The van der Waals surface area contributed by atoms with E-state index in [0.29, 0.717) is 5.56 Å². The molecule has 0 saturated heterocycles. The molecule has 0 unspecified atom stereocenters. The number of aromatic amines is 1. The first-order valence-electron chi connectivity index (χ1n) is 9.62. The average Bonchev–Trinajstić information content (AvgIpc) is 3.32. The maximum absolute atomic E-state index is 13.3. The van der Waals surface area contributed by atoms with E-state index < -0.39 is 0 Å². The Morgan fingerprint density at radius 2 is 1.70 bits per heavy atom. The molecule has 1 N–H and O–H groups in total. The fourth-order valence-electron chi connectivity index (χ4n) is 4.10. The van der Waals surface area contributed by atoms with Crippen molar-refractivity contribution in [1.82, 2.24) is 19.5 Å². The second kappa shape index (κ2) is 6.50. The van der Waals surface area contributed by atoms with E-state index in [2.05, 4.69) is 20.9 Å². The fraction of sp³-hybridized carbons (Fsp3) is 0.0417. The van der Waals surface area contributed by atoms with E-state index in [1.54, 1.807) is 6.20 Å². The van der Waals surface area contributed by atoms with Crippen LogP contribution in [0.3, 0.4) is 0 Å². The van der Waals surface area contributed by atoms with E-state index in [9.17, 15) is 4.79 Å². The lowest BCUT2D eigenvalue weighted by molar-refractivity contribution is 0.0976. The van der Waals surface area contributed by atoms with Crippen molar-refractivity contribution in [3.8, 4) is 0 Å².